The molecule has 34 heavy (non-hydrogen) atoms. The Balaban J connectivity index is 2.14. The highest BCUT2D eigenvalue weighted by atomic mass is 16.5. The van der Waals surface area contributed by atoms with Crippen molar-refractivity contribution in [3.63, 3.8) is 0 Å². The molecule has 1 aromatic carbocycles. The van der Waals surface area contributed by atoms with Gasteiger partial charge in [0, 0.05) is 6.54 Å². The van der Waals surface area contributed by atoms with E-state index in [9.17, 15) is 14.7 Å². The number of carboxylic acids is 1. The Labute approximate surface area is 203 Å². The lowest BCUT2D eigenvalue weighted by Gasteiger charge is -2.49. The van der Waals surface area contributed by atoms with Gasteiger partial charge in [-0.3, -0.25) is 4.79 Å². The summed E-state index contributed by atoms with van der Waals surface area (Å²) in [4.78, 5) is 28.9. The maximum absolute atomic E-state index is 14.4. The Morgan fingerprint density at radius 2 is 1.65 bits per heavy atom. The molecule has 7 heteroatoms. The number of hydrogen-bond donors (Lipinski definition) is 1. The van der Waals surface area contributed by atoms with E-state index in [0.717, 1.165) is 44.1 Å². The molecule has 1 saturated heterocycles. The summed E-state index contributed by atoms with van der Waals surface area (Å²) in [6, 6.07) is 3.74. The highest BCUT2D eigenvalue weighted by Gasteiger charge is 2.53. The van der Waals surface area contributed by atoms with Crippen LogP contribution in [0.5, 0.6) is 17.2 Å². The van der Waals surface area contributed by atoms with E-state index >= 15 is 0 Å². The fraction of sp³-hybridized carbons (Fsp3) is 0.704. The van der Waals surface area contributed by atoms with Crippen LogP contribution in [0.3, 0.4) is 0 Å². The maximum Gasteiger partial charge on any atom is 0.329 e. The topological polar surface area (TPSA) is 85.3 Å². The number of piperidine rings is 1. The van der Waals surface area contributed by atoms with Crippen molar-refractivity contribution in [2.24, 2.45) is 11.8 Å². The number of methoxy groups -OCH3 is 3. The van der Waals surface area contributed by atoms with Crippen molar-refractivity contribution in [1.29, 1.82) is 0 Å². The summed E-state index contributed by atoms with van der Waals surface area (Å²) in [5, 5.41) is 10.5. The first-order chi connectivity index (χ1) is 16.3. The predicted octanol–water partition coefficient (Wildman–Crippen LogP) is 5.26. The molecule has 190 valence electrons. The molecule has 1 N–H and O–H groups in total. The molecule has 0 unspecified atom stereocenters. The summed E-state index contributed by atoms with van der Waals surface area (Å²) in [5.41, 5.74) is -0.363. The van der Waals surface area contributed by atoms with E-state index in [1.165, 1.54) is 6.42 Å². The summed E-state index contributed by atoms with van der Waals surface area (Å²) in [6.07, 6.45) is 8.06. The van der Waals surface area contributed by atoms with Crippen molar-refractivity contribution < 1.29 is 28.9 Å². The van der Waals surface area contributed by atoms with Crippen LogP contribution in [0.25, 0.3) is 0 Å². The molecule has 1 aromatic rings. The number of carbonyl (C=O) groups excluding carboxylic acids is 1. The number of nitrogens with zero attached hydrogens (tertiary/aromatic N) is 1. The molecule has 0 bridgehead atoms. The third-order valence-corrected chi connectivity index (χ3v) is 8.17. The van der Waals surface area contributed by atoms with Gasteiger partial charge in [0.15, 0.2) is 11.5 Å². The Morgan fingerprint density at radius 3 is 2.15 bits per heavy atom. The first-order valence-electron chi connectivity index (χ1n) is 12.7. The predicted molar refractivity (Wildman–Crippen MR) is 131 cm³/mol. The third kappa shape index (κ3) is 4.71. The van der Waals surface area contributed by atoms with Crippen molar-refractivity contribution in [1.82, 2.24) is 4.90 Å². The molecule has 7 nitrogen and oxygen atoms in total. The van der Waals surface area contributed by atoms with E-state index in [1.54, 1.807) is 26.2 Å². The number of carboxylic acid groups (broad SMARTS) is 1. The molecule has 0 radical (unpaired) electrons. The van der Waals surface area contributed by atoms with Crippen LogP contribution in [-0.2, 0) is 9.59 Å². The zero-order chi connectivity index (χ0) is 24.9. The molecule has 1 aliphatic heterocycles. The van der Waals surface area contributed by atoms with Crippen molar-refractivity contribution in [2.75, 3.05) is 27.9 Å². The fourth-order valence-electron chi connectivity index (χ4n) is 6.12. The molecule has 3 atom stereocenters. The highest BCUT2D eigenvalue weighted by molar-refractivity contribution is 5.91. The quantitative estimate of drug-likeness (QED) is 0.524. The normalized spacial score (nSPS) is 23.1. The number of amides is 1. The van der Waals surface area contributed by atoms with Gasteiger partial charge in [-0.1, -0.05) is 39.5 Å². The second-order valence-electron chi connectivity index (χ2n) is 9.82. The van der Waals surface area contributed by atoms with Crippen LogP contribution in [0.1, 0.15) is 83.1 Å². The number of hydrogen-bond acceptors (Lipinski definition) is 5. The molecule has 3 rings (SSSR count). The van der Waals surface area contributed by atoms with Crippen LogP contribution < -0.4 is 14.2 Å². The van der Waals surface area contributed by atoms with Crippen molar-refractivity contribution >= 4 is 11.9 Å². The van der Waals surface area contributed by atoms with Gasteiger partial charge in [0.2, 0.25) is 11.7 Å². The largest absolute Gasteiger partial charge is 0.493 e. The van der Waals surface area contributed by atoms with Crippen LogP contribution in [0.4, 0.5) is 0 Å². The minimum Gasteiger partial charge on any atom is -0.493 e. The van der Waals surface area contributed by atoms with Gasteiger partial charge in [-0.15, -0.1) is 0 Å². The number of benzene rings is 1. The summed E-state index contributed by atoms with van der Waals surface area (Å²) in [7, 11) is 4.70. The third-order valence-electron chi connectivity index (χ3n) is 8.17. The standard InChI is InChI=1S/C27H41NO6/c1-6-18(2)27(26(30)31)14-10-11-15-28(27)25(29)23(19-12-8-7-9-13-19)20-16-21(32-3)24(34-5)22(17-20)33-4/h16-19,23H,6-15H2,1-5H3,(H,30,31)/t18-,23+,27+/m1/s1. The van der Waals surface area contributed by atoms with Crippen molar-refractivity contribution in [2.45, 2.75) is 83.1 Å². The number of ether oxygens (including phenoxy) is 3. The first kappa shape index (κ1) is 26.2. The van der Waals surface area contributed by atoms with Crippen LogP contribution in [0.2, 0.25) is 0 Å². The molecule has 0 spiro atoms. The molecule has 1 aliphatic carbocycles. The van der Waals surface area contributed by atoms with Crippen LogP contribution in [0, 0.1) is 11.8 Å². The van der Waals surface area contributed by atoms with Crippen molar-refractivity contribution in [3.05, 3.63) is 17.7 Å². The molecule has 1 heterocycles. The van der Waals surface area contributed by atoms with E-state index in [1.807, 2.05) is 26.0 Å². The second-order valence-corrected chi connectivity index (χ2v) is 9.82. The van der Waals surface area contributed by atoms with E-state index in [0.29, 0.717) is 36.6 Å². The van der Waals surface area contributed by atoms with Gasteiger partial charge < -0.3 is 24.2 Å². The van der Waals surface area contributed by atoms with E-state index < -0.39 is 17.4 Å². The van der Waals surface area contributed by atoms with Gasteiger partial charge >= 0.3 is 5.97 Å². The van der Waals surface area contributed by atoms with E-state index in [2.05, 4.69) is 0 Å². The zero-order valence-corrected chi connectivity index (χ0v) is 21.4. The average molecular weight is 476 g/mol. The highest BCUT2D eigenvalue weighted by Crippen LogP contribution is 2.46. The van der Waals surface area contributed by atoms with E-state index in [4.69, 9.17) is 14.2 Å². The molecular formula is C27H41NO6. The van der Waals surface area contributed by atoms with Gasteiger partial charge in [0.1, 0.15) is 5.54 Å². The fourth-order valence-corrected chi connectivity index (χ4v) is 6.12. The van der Waals surface area contributed by atoms with Gasteiger partial charge in [0.25, 0.3) is 0 Å². The Hall–Kier alpha value is -2.44. The Morgan fingerprint density at radius 1 is 1.03 bits per heavy atom. The SMILES string of the molecule is CC[C@@H](C)[C@]1(C(=O)O)CCCCN1C(=O)[C@H](c1cc(OC)c(OC)c(OC)c1)C1CCCCC1. The number of likely N-dealkylation sites (tertiary alicyclic amines) is 1. The average Bonchev–Trinajstić information content (AvgIpc) is 2.87. The Kier molecular flexibility index (Phi) is 8.72. The summed E-state index contributed by atoms with van der Waals surface area (Å²) in [5.74, 6) is 0.100. The van der Waals surface area contributed by atoms with E-state index in [-0.39, 0.29) is 17.7 Å². The number of rotatable bonds is 9. The van der Waals surface area contributed by atoms with Crippen LogP contribution in [0.15, 0.2) is 12.1 Å². The minimum absolute atomic E-state index is 0.0800. The van der Waals surface area contributed by atoms with Crippen molar-refractivity contribution in [3.8, 4) is 17.2 Å². The zero-order valence-electron chi connectivity index (χ0n) is 21.4. The minimum atomic E-state index is -1.17. The lowest BCUT2D eigenvalue weighted by atomic mass is 9.72. The summed E-state index contributed by atoms with van der Waals surface area (Å²) >= 11 is 0. The van der Waals surface area contributed by atoms with Gasteiger partial charge in [-0.25, -0.2) is 4.79 Å². The molecule has 2 aliphatic rings. The lowest BCUT2D eigenvalue weighted by Crippen LogP contribution is -2.64. The van der Waals surface area contributed by atoms with Crippen LogP contribution >= 0.6 is 0 Å². The van der Waals surface area contributed by atoms with Gasteiger partial charge in [0.05, 0.1) is 27.2 Å². The summed E-state index contributed by atoms with van der Waals surface area (Å²) in [6.45, 7) is 4.45. The monoisotopic (exact) mass is 475 g/mol. The van der Waals surface area contributed by atoms with Gasteiger partial charge in [-0.2, -0.15) is 0 Å². The molecule has 2 fully saturated rings. The lowest BCUT2D eigenvalue weighted by molar-refractivity contribution is -0.168. The number of aliphatic carboxylic acids is 1. The molecule has 1 amide bonds. The number of carbonyl (C=O) groups is 2. The molecule has 0 aromatic heterocycles. The van der Waals surface area contributed by atoms with Gasteiger partial charge in [-0.05, 0) is 61.6 Å². The molecule has 1 saturated carbocycles. The summed E-state index contributed by atoms with van der Waals surface area (Å²) < 4.78 is 16.7. The van der Waals surface area contributed by atoms with Crippen LogP contribution in [-0.4, -0.2) is 55.3 Å². The second kappa shape index (κ2) is 11.3. The maximum atomic E-state index is 14.4. The molecular weight excluding hydrogens is 434 g/mol. The Bertz CT molecular complexity index is 840. The smallest absolute Gasteiger partial charge is 0.329 e. The first-order valence-corrected chi connectivity index (χ1v) is 12.7.